The number of hydrogen-bond donors (Lipinski definition) is 1. The van der Waals surface area contributed by atoms with Gasteiger partial charge in [0.2, 0.25) is 0 Å². The van der Waals surface area contributed by atoms with Crippen molar-refractivity contribution < 1.29 is 9.68 Å². The van der Waals surface area contributed by atoms with Crippen molar-refractivity contribution in [3.63, 3.8) is 0 Å². The van der Waals surface area contributed by atoms with E-state index in [4.69, 9.17) is 16.6 Å². The third-order valence-electron chi connectivity index (χ3n) is 0.717. The summed E-state index contributed by atoms with van der Waals surface area (Å²) in [6, 6.07) is 3.38. The van der Waals surface area contributed by atoms with Gasteiger partial charge in [0.1, 0.15) is 0 Å². The third kappa shape index (κ3) is 1.89. The largest absolute Gasteiger partial charge is 0.569 e. The molecule has 0 aliphatic rings. The van der Waals surface area contributed by atoms with E-state index in [-0.39, 0.29) is 0 Å². The Labute approximate surface area is 62.3 Å². The molecule has 1 N–H and O–H groups in total. The minimum absolute atomic E-state index is 0.586. The number of hydrogen-bond acceptors (Lipinski definition) is 3. The van der Waals surface area contributed by atoms with Crippen LogP contribution in [0.3, 0.4) is 0 Å². The van der Waals surface area contributed by atoms with E-state index >= 15 is 0 Å². The Hall–Kier alpha value is -0.185. The van der Waals surface area contributed by atoms with Crippen LogP contribution in [-0.2, 0) is 0 Å². The second kappa shape index (κ2) is 3.10. The maximum atomic E-state index is 8.15. The molecule has 1 rings (SSSR count). The Bertz CT molecular complexity index is 190. The van der Waals surface area contributed by atoms with Gasteiger partial charge in [-0.15, -0.1) is 0 Å². The average molecular weight is 161 g/mol. The molecule has 0 unspecified atom stereocenters. The number of thiophene rings is 1. The second-order valence-electron chi connectivity index (χ2n) is 1.28. The van der Waals surface area contributed by atoms with E-state index in [0.717, 1.165) is 0 Å². The minimum atomic E-state index is 0.586. The van der Waals surface area contributed by atoms with Gasteiger partial charge in [-0.1, -0.05) is 22.9 Å². The molecule has 47 valence electrons. The highest BCUT2D eigenvalue weighted by Gasteiger charge is 1.96. The molecule has 0 spiro atoms. The SMILES string of the molecule is O[B]Oc1ccc(Cl)s1. The van der Waals surface area contributed by atoms with Crippen LogP contribution in [0.25, 0.3) is 0 Å². The molecule has 0 saturated heterocycles. The molecule has 1 aromatic rings. The molecule has 0 fully saturated rings. The van der Waals surface area contributed by atoms with E-state index in [0.29, 0.717) is 17.1 Å². The standard InChI is InChI=1S/C4H3BClO2S/c6-3-1-2-4(9-3)8-5-7/h1-2,7H. The average Bonchev–Trinajstić information content (AvgIpc) is 2.17. The molecule has 9 heavy (non-hydrogen) atoms. The highest BCUT2D eigenvalue weighted by atomic mass is 35.5. The number of rotatable bonds is 2. The van der Waals surface area contributed by atoms with Crippen LogP contribution in [0, 0.1) is 0 Å². The van der Waals surface area contributed by atoms with E-state index in [1.807, 2.05) is 0 Å². The Morgan fingerprint density at radius 3 is 2.89 bits per heavy atom. The van der Waals surface area contributed by atoms with Gasteiger partial charge in [-0.3, -0.25) is 0 Å². The summed E-state index contributed by atoms with van der Waals surface area (Å²) in [6.45, 7) is 0. The molecule has 0 atom stereocenters. The smallest absolute Gasteiger partial charge is 0.530 e. The Morgan fingerprint density at radius 1 is 1.67 bits per heavy atom. The molecular weight excluding hydrogens is 158 g/mol. The maximum absolute atomic E-state index is 8.15. The van der Waals surface area contributed by atoms with Crippen molar-refractivity contribution >= 4 is 30.6 Å². The lowest BCUT2D eigenvalue weighted by molar-refractivity contribution is 0.461. The van der Waals surface area contributed by atoms with E-state index in [2.05, 4.69) is 4.65 Å². The van der Waals surface area contributed by atoms with Gasteiger partial charge in [-0.25, -0.2) is 0 Å². The van der Waals surface area contributed by atoms with Crippen molar-refractivity contribution in [2.24, 2.45) is 0 Å². The van der Waals surface area contributed by atoms with Gasteiger partial charge in [0.25, 0.3) is 0 Å². The van der Waals surface area contributed by atoms with E-state index in [9.17, 15) is 0 Å². The Balaban J connectivity index is 2.61. The summed E-state index contributed by atoms with van der Waals surface area (Å²) in [6.07, 6.45) is 0. The zero-order valence-corrected chi connectivity index (χ0v) is 5.95. The van der Waals surface area contributed by atoms with Crippen LogP contribution >= 0.6 is 22.9 Å². The normalized spacial score (nSPS) is 9.11. The second-order valence-corrected chi connectivity index (χ2v) is 2.96. The molecule has 0 aliphatic heterocycles. The van der Waals surface area contributed by atoms with E-state index in [1.54, 1.807) is 12.1 Å². The van der Waals surface area contributed by atoms with Gasteiger partial charge in [-0.05, 0) is 12.1 Å². The first kappa shape index (κ1) is 6.93. The summed E-state index contributed by atoms with van der Waals surface area (Å²) in [7, 11) is 0.627. The molecular formula is C4H3BClO2S. The van der Waals surface area contributed by atoms with Crippen LogP contribution in [0.15, 0.2) is 12.1 Å². The molecule has 0 amide bonds. The summed E-state index contributed by atoms with van der Waals surface area (Å²) in [4.78, 5) is 0. The van der Waals surface area contributed by atoms with Crippen molar-refractivity contribution in [2.45, 2.75) is 0 Å². The van der Waals surface area contributed by atoms with Crippen molar-refractivity contribution in [3.05, 3.63) is 16.5 Å². The lowest BCUT2D eigenvalue weighted by Gasteiger charge is -1.91. The maximum Gasteiger partial charge on any atom is 0.569 e. The molecule has 0 aliphatic carbocycles. The van der Waals surface area contributed by atoms with Crippen molar-refractivity contribution in [1.82, 2.24) is 0 Å². The molecule has 0 saturated carbocycles. The topological polar surface area (TPSA) is 29.5 Å². The van der Waals surface area contributed by atoms with Crippen LogP contribution in [0.1, 0.15) is 0 Å². The summed E-state index contributed by atoms with van der Waals surface area (Å²) in [5.74, 6) is 0. The fourth-order valence-corrected chi connectivity index (χ4v) is 1.26. The third-order valence-corrected chi connectivity index (χ3v) is 1.84. The molecule has 1 aromatic heterocycles. The highest BCUT2D eigenvalue weighted by molar-refractivity contribution is 7.18. The first-order valence-electron chi connectivity index (χ1n) is 2.21. The van der Waals surface area contributed by atoms with Crippen molar-refractivity contribution in [2.75, 3.05) is 0 Å². The summed E-state index contributed by atoms with van der Waals surface area (Å²) in [5.41, 5.74) is 0. The van der Waals surface area contributed by atoms with Crippen LogP contribution in [0.2, 0.25) is 4.34 Å². The van der Waals surface area contributed by atoms with Crippen LogP contribution in [0.4, 0.5) is 0 Å². The van der Waals surface area contributed by atoms with Gasteiger partial charge >= 0.3 is 7.69 Å². The van der Waals surface area contributed by atoms with E-state index < -0.39 is 0 Å². The summed E-state index contributed by atoms with van der Waals surface area (Å²) in [5, 5.41) is 8.73. The predicted molar refractivity (Wildman–Crippen MR) is 37.9 cm³/mol. The number of halogens is 1. The summed E-state index contributed by atoms with van der Waals surface area (Å²) >= 11 is 6.80. The molecule has 5 heteroatoms. The minimum Gasteiger partial charge on any atom is -0.530 e. The fraction of sp³-hybridized carbons (Fsp3) is 0. The van der Waals surface area contributed by atoms with Crippen molar-refractivity contribution in [1.29, 1.82) is 0 Å². The lowest BCUT2D eigenvalue weighted by atomic mass is 10.4. The molecule has 1 heterocycles. The molecule has 2 nitrogen and oxygen atoms in total. The van der Waals surface area contributed by atoms with Crippen LogP contribution in [0.5, 0.6) is 5.06 Å². The highest BCUT2D eigenvalue weighted by Crippen LogP contribution is 2.27. The fourth-order valence-electron chi connectivity index (χ4n) is 0.413. The quantitative estimate of drug-likeness (QED) is 0.663. The van der Waals surface area contributed by atoms with Gasteiger partial charge in [-0.2, -0.15) is 0 Å². The van der Waals surface area contributed by atoms with E-state index in [1.165, 1.54) is 11.3 Å². The first-order valence-corrected chi connectivity index (χ1v) is 3.40. The molecule has 0 bridgehead atoms. The predicted octanol–water partition coefficient (Wildman–Crippen LogP) is 1.31. The van der Waals surface area contributed by atoms with Gasteiger partial charge in [0, 0.05) is 0 Å². The lowest BCUT2D eigenvalue weighted by Crippen LogP contribution is -1.96. The summed E-state index contributed by atoms with van der Waals surface area (Å²) < 4.78 is 5.24. The zero-order chi connectivity index (χ0) is 6.69. The molecule has 1 radical (unpaired) electrons. The zero-order valence-electron chi connectivity index (χ0n) is 4.37. The van der Waals surface area contributed by atoms with Crippen LogP contribution in [-0.4, -0.2) is 12.7 Å². The molecule has 0 aromatic carbocycles. The van der Waals surface area contributed by atoms with Gasteiger partial charge in [0.15, 0.2) is 5.06 Å². The Kier molecular flexibility index (Phi) is 2.39. The van der Waals surface area contributed by atoms with Gasteiger partial charge in [0.05, 0.1) is 4.34 Å². The van der Waals surface area contributed by atoms with Gasteiger partial charge < -0.3 is 9.68 Å². The Morgan fingerprint density at radius 2 is 2.44 bits per heavy atom. The van der Waals surface area contributed by atoms with Crippen molar-refractivity contribution in [3.8, 4) is 5.06 Å². The monoisotopic (exact) mass is 161 g/mol. The van der Waals surface area contributed by atoms with Crippen LogP contribution < -0.4 is 4.65 Å². The first-order chi connectivity index (χ1) is 4.33.